The number of nitrogens with one attached hydrogen (secondary N) is 6. The van der Waals surface area contributed by atoms with Gasteiger partial charge in [-0.05, 0) is 242 Å². The smallest absolute Gasteiger partial charge is 0.322 e. The number of amides is 7. The number of benzene rings is 3. The van der Waals surface area contributed by atoms with Gasteiger partial charge < -0.3 is 56.5 Å². The largest absolute Gasteiger partial charge is 0.508 e. The number of piperidine rings is 3. The molecule has 9 aliphatic carbocycles. The summed E-state index contributed by atoms with van der Waals surface area (Å²) in [5.74, 6) is 4.00. The molecule has 3 aromatic rings. The zero-order valence-electron chi connectivity index (χ0n) is 50.7. The Balaban J connectivity index is 0.000000106. The Labute approximate surface area is 509 Å². The molecular weight excluding hydrogens is 1100 g/mol. The summed E-state index contributed by atoms with van der Waals surface area (Å²) in [4.78, 5) is 56.5. The van der Waals surface area contributed by atoms with Gasteiger partial charge in [0.2, 0.25) is 0 Å². The van der Waals surface area contributed by atoms with Crippen LogP contribution in [0.15, 0.2) is 54.6 Å². The molecule has 0 aromatic heterocycles. The van der Waals surface area contributed by atoms with Crippen LogP contribution < -0.4 is 41.4 Å². The second-order valence-corrected chi connectivity index (χ2v) is 30.3. The van der Waals surface area contributed by atoms with Gasteiger partial charge in [-0.1, -0.05) is 18.2 Å². The maximum Gasteiger partial charge on any atom is 0.322 e. The summed E-state index contributed by atoms with van der Waals surface area (Å²) in [7, 11) is 3.36. The summed E-state index contributed by atoms with van der Waals surface area (Å²) in [6.45, 7) is 7.46. The van der Waals surface area contributed by atoms with Crippen LogP contribution >= 0.6 is 0 Å². The minimum atomic E-state index is -0.940. The highest BCUT2D eigenvalue weighted by molar-refractivity contribution is 6.07. The third kappa shape index (κ3) is 8.60. The Bertz CT molecular complexity index is 3360. The lowest BCUT2D eigenvalue weighted by Gasteiger charge is -2.66. The van der Waals surface area contributed by atoms with Crippen molar-refractivity contribution in [2.24, 2.45) is 17.8 Å². The Hall–Kier alpha value is -5.70. The summed E-state index contributed by atoms with van der Waals surface area (Å²) in [6, 6.07) is 18.0. The second-order valence-electron chi connectivity index (χ2n) is 30.3. The molecular formula is C68H89N9O10. The van der Waals surface area contributed by atoms with Gasteiger partial charge in [0, 0.05) is 67.1 Å². The van der Waals surface area contributed by atoms with Gasteiger partial charge in [0.05, 0.1) is 42.1 Å². The van der Waals surface area contributed by atoms with Gasteiger partial charge >= 0.3 is 18.1 Å². The number of hydrogen-bond donors (Lipinski definition) is 10. The monoisotopic (exact) mass is 1190 g/mol. The van der Waals surface area contributed by atoms with Crippen molar-refractivity contribution in [1.29, 1.82) is 0 Å². The number of hydrogen-bond acceptors (Lipinski definition) is 13. The van der Waals surface area contributed by atoms with Crippen LogP contribution in [-0.4, -0.2) is 177 Å². The molecule has 0 radical (unpaired) electrons. The average molecular weight is 1190 g/mol. The first-order valence-corrected chi connectivity index (χ1v) is 33.1. The molecule has 18 rings (SSSR count). The summed E-state index contributed by atoms with van der Waals surface area (Å²) in [6.07, 6.45) is 19.0. The minimum Gasteiger partial charge on any atom is -0.508 e. The second kappa shape index (κ2) is 19.7. The highest BCUT2D eigenvalue weighted by Gasteiger charge is 2.72. The Morgan fingerprint density at radius 1 is 0.483 bits per heavy atom. The van der Waals surface area contributed by atoms with Crippen LogP contribution in [0.4, 0.5) is 14.4 Å². The van der Waals surface area contributed by atoms with Gasteiger partial charge in [-0.15, -0.1) is 0 Å². The van der Waals surface area contributed by atoms with Crippen molar-refractivity contribution in [1.82, 2.24) is 46.6 Å². The van der Waals surface area contributed by atoms with Gasteiger partial charge in [-0.25, -0.2) is 14.4 Å². The summed E-state index contributed by atoms with van der Waals surface area (Å²) in [5.41, 5.74) is 1.98. The van der Waals surface area contributed by atoms with Gasteiger partial charge in [-0.2, -0.15) is 0 Å². The van der Waals surface area contributed by atoms with Crippen LogP contribution in [0, 0.1) is 17.8 Å². The fraction of sp³-hybridized carbons (Fsp3) is 0.676. The molecule has 3 aromatic carbocycles. The first-order chi connectivity index (χ1) is 41.8. The van der Waals surface area contributed by atoms with Crippen molar-refractivity contribution < 1.29 is 49.1 Å². The summed E-state index contributed by atoms with van der Waals surface area (Å²) < 4.78 is 11.1. The number of nitrogens with zero attached hydrogens (tertiary/aromatic N) is 3. The first kappa shape index (κ1) is 56.5. The SMILES string of the molecule is COc1ccc2c(c1)[C@]13CCN(CC4CC4)[C@H](C2)[C@]1(O)CC[C@@]1(C3)NC(=O)NC1=O.COc1ccc2c(c1)[C@]13CCN(CC4CC4)[C@H](C2)[C@]1(O)CC[C@@]1(CNC(=O)N1)C3.O=C1NC[C@@]2(CC[C@@]3(O)[C@H]4Cc5ccc(O)cc5[C@@]3(CCN4CC3CC3)C2)N1. The lowest BCUT2D eigenvalue weighted by atomic mass is 9.46. The van der Waals surface area contributed by atoms with E-state index in [1.165, 1.54) is 60.8 Å². The Kier molecular flexibility index (Phi) is 12.8. The van der Waals surface area contributed by atoms with Crippen molar-refractivity contribution in [3.8, 4) is 17.2 Å². The maximum atomic E-state index is 12.8. The van der Waals surface area contributed by atoms with E-state index < -0.39 is 39.2 Å². The number of phenols is 1. The molecule has 6 bridgehead atoms. The first-order valence-electron chi connectivity index (χ1n) is 33.1. The van der Waals surface area contributed by atoms with Crippen LogP contribution in [0.3, 0.4) is 0 Å². The van der Waals surface area contributed by atoms with Crippen molar-refractivity contribution >= 4 is 24.0 Å². The van der Waals surface area contributed by atoms with E-state index in [1.807, 2.05) is 18.2 Å². The van der Waals surface area contributed by atoms with Crippen molar-refractivity contribution in [3.05, 3.63) is 88.0 Å². The van der Waals surface area contributed by atoms with Gasteiger partial charge in [0.25, 0.3) is 5.91 Å². The molecule has 6 heterocycles. The molecule has 15 aliphatic rings. The quantitative estimate of drug-likeness (QED) is 0.133. The predicted molar refractivity (Wildman–Crippen MR) is 323 cm³/mol. The lowest BCUT2D eigenvalue weighted by molar-refractivity contribution is -0.180. The van der Waals surface area contributed by atoms with Crippen LogP contribution in [0.25, 0.3) is 0 Å². The van der Waals surface area contributed by atoms with Crippen LogP contribution in [-0.2, 0) is 40.3 Å². The molecule has 10 N–H and O–H groups in total. The normalized spacial score (nSPS) is 40.8. The zero-order valence-corrected chi connectivity index (χ0v) is 50.7. The van der Waals surface area contributed by atoms with E-state index in [-0.39, 0.29) is 58.3 Å². The lowest BCUT2D eigenvalue weighted by Crippen LogP contribution is -2.76. The van der Waals surface area contributed by atoms with E-state index in [0.717, 1.165) is 150 Å². The molecule has 3 spiro atoms. The number of aliphatic hydroxyl groups is 3. The number of urea groups is 3. The third-order valence-corrected chi connectivity index (χ3v) is 25.8. The molecule has 6 saturated carbocycles. The molecule has 6 saturated heterocycles. The van der Waals surface area contributed by atoms with Crippen LogP contribution in [0.1, 0.15) is 149 Å². The molecule has 12 atom stereocenters. The van der Waals surface area contributed by atoms with Gasteiger partial charge in [0.1, 0.15) is 22.8 Å². The molecule has 12 fully saturated rings. The van der Waals surface area contributed by atoms with Crippen LogP contribution in [0.5, 0.6) is 17.2 Å². The number of imide groups is 1. The molecule has 19 heteroatoms. The van der Waals surface area contributed by atoms with Gasteiger partial charge in [0.15, 0.2) is 0 Å². The highest BCUT2D eigenvalue weighted by atomic mass is 16.5. The zero-order chi connectivity index (χ0) is 59.7. The molecule has 87 heavy (non-hydrogen) atoms. The molecule has 466 valence electrons. The Morgan fingerprint density at radius 3 is 1.26 bits per heavy atom. The average Bonchev–Trinajstić information content (AvgIpc) is 1.16. The number of fused-ring (bicyclic) bond motifs is 3. The number of ether oxygens (including phenoxy) is 2. The summed E-state index contributed by atoms with van der Waals surface area (Å²) in [5, 5.41) is 64.9. The van der Waals surface area contributed by atoms with Crippen molar-refractivity contribution in [2.45, 2.75) is 203 Å². The minimum absolute atomic E-state index is 0.0465. The van der Waals surface area contributed by atoms with E-state index in [9.17, 15) is 39.6 Å². The fourth-order valence-corrected chi connectivity index (χ4v) is 20.9. The topological polar surface area (TPSA) is 250 Å². The molecule has 19 nitrogen and oxygen atoms in total. The maximum absolute atomic E-state index is 12.8. The fourth-order valence-electron chi connectivity index (χ4n) is 20.9. The number of phenolic OH excluding ortho intramolecular Hbond substituents is 1. The number of carbonyl (C=O) groups is 4. The highest BCUT2D eigenvalue weighted by Crippen LogP contribution is 2.65. The van der Waals surface area contributed by atoms with Gasteiger partial charge in [-0.3, -0.25) is 24.8 Å². The molecule has 7 amide bonds. The number of likely N-dealkylation sites (tertiary alicyclic amines) is 3. The predicted octanol–water partition coefficient (Wildman–Crippen LogP) is 5.04. The van der Waals surface area contributed by atoms with Crippen molar-refractivity contribution in [2.75, 3.05) is 66.6 Å². The Morgan fingerprint density at radius 2 is 0.885 bits per heavy atom. The van der Waals surface area contributed by atoms with E-state index in [0.29, 0.717) is 38.8 Å². The number of aromatic hydroxyl groups is 1. The molecule has 0 unspecified atom stereocenters. The van der Waals surface area contributed by atoms with E-state index >= 15 is 0 Å². The summed E-state index contributed by atoms with van der Waals surface area (Å²) >= 11 is 0. The number of carbonyl (C=O) groups excluding carboxylic acids is 4. The van der Waals surface area contributed by atoms with E-state index in [4.69, 9.17) is 9.47 Å². The van der Waals surface area contributed by atoms with E-state index in [2.05, 4.69) is 76.9 Å². The van der Waals surface area contributed by atoms with E-state index in [1.54, 1.807) is 20.3 Å². The van der Waals surface area contributed by atoms with Crippen LogP contribution in [0.2, 0.25) is 0 Å². The number of rotatable bonds is 8. The molecule has 6 aliphatic heterocycles. The number of methoxy groups -OCH3 is 2. The standard InChI is InChI=1S/C23H29N3O4.C23H31N3O3.C22H29N3O3/c1-30-16-5-4-15-10-18-23(29)7-6-22(19(27)24-20(28)25-22)13-21(23,17(15)11-16)8-9-26(18)12-14-2-3-14;1-29-17-5-4-16-10-19-23(28)7-6-21(14-24-20(27)25-21)13-22(23,18(16)11-17)8-9-26(19)12-15-2-3-15;26-16-4-3-15-9-18-22(28)6-5-20(13-23-19(27)24-20)12-21(22,17(15)10-16)7-8-25(18)11-14-1-2-14/h4-5,11,14,18,29H,2-3,6-10,12-13H2,1H3,(H2,24,25,27,28);4-5,11,15,19,28H,2-3,6-10,12-14H2,1H3,(H2,24,25,27);3-4,10,14,18,26,28H,1-2,5-9,11-13H2,(H2,23,24,27)/t18-,21-,22+,23-;19-,21+,22-,23-;18-,20+,21-,22-/m111/s1. The van der Waals surface area contributed by atoms with Crippen molar-refractivity contribution in [3.63, 3.8) is 0 Å². The third-order valence-electron chi connectivity index (χ3n) is 25.8.